The molecule has 0 aromatic heterocycles. The Morgan fingerprint density at radius 2 is 1.87 bits per heavy atom. The van der Waals surface area contributed by atoms with Crippen molar-refractivity contribution in [2.45, 2.75) is 43.7 Å². The quantitative estimate of drug-likeness (QED) is 0.375. The van der Waals surface area contributed by atoms with Crippen molar-refractivity contribution in [3.63, 3.8) is 0 Å². The summed E-state index contributed by atoms with van der Waals surface area (Å²) in [6.45, 7) is 5.01. The van der Waals surface area contributed by atoms with Crippen LogP contribution in [0.1, 0.15) is 47.7 Å². The highest BCUT2D eigenvalue weighted by atomic mass is 32.2. The van der Waals surface area contributed by atoms with Crippen molar-refractivity contribution in [1.82, 2.24) is 10.2 Å². The maximum absolute atomic E-state index is 13.7. The lowest BCUT2D eigenvalue weighted by atomic mass is 10.0. The summed E-state index contributed by atoms with van der Waals surface area (Å²) in [5, 5.41) is 3.05. The molecule has 1 fully saturated rings. The van der Waals surface area contributed by atoms with Crippen molar-refractivity contribution in [3.8, 4) is 0 Å². The van der Waals surface area contributed by atoms with E-state index in [-0.39, 0.29) is 24.2 Å². The van der Waals surface area contributed by atoms with E-state index in [0.29, 0.717) is 28.7 Å². The predicted octanol–water partition coefficient (Wildman–Crippen LogP) is 6.11. The molecule has 0 radical (unpaired) electrons. The van der Waals surface area contributed by atoms with E-state index >= 15 is 0 Å². The highest BCUT2D eigenvalue weighted by Crippen LogP contribution is 2.43. The van der Waals surface area contributed by atoms with Crippen LogP contribution in [0.4, 0.5) is 10.1 Å². The summed E-state index contributed by atoms with van der Waals surface area (Å²) in [5.74, 6) is -0.619. The molecule has 3 aromatic rings. The molecule has 2 heterocycles. The Labute approximate surface area is 227 Å². The summed E-state index contributed by atoms with van der Waals surface area (Å²) >= 11 is 1.41. The fourth-order valence-corrected chi connectivity index (χ4v) is 6.03. The lowest BCUT2D eigenvalue weighted by molar-refractivity contribution is -0.114. The second-order valence-electron chi connectivity index (χ2n) is 9.86. The number of halogens is 1. The van der Waals surface area contributed by atoms with Crippen LogP contribution in [-0.2, 0) is 11.3 Å². The largest absolute Gasteiger partial charge is 0.351 e. The molecular formula is C31H32FN3O2S. The molecule has 0 aliphatic carbocycles. The topological polar surface area (TPSA) is 52.7 Å². The van der Waals surface area contributed by atoms with Crippen LogP contribution in [0.25, 0.3) is 6.08 Å². The van der Waals surface area contributed by atoms with E-state index in [9.17, 15) is 14.0 Å². The molecule has 2 amide bonds. The van der Waals surface area contributed by atoms with Crippen molar-refractivity contribution in [3.05, 3.63) is 100 Å². The van der Waals surface area contributed by atoms with Crippen LogP contribution < -0.4 is 10.2 Å². The predicted molar refractivity (Wildman–Crippen MR) is 152 cm³/mol. The normalized spacial score (nSPS) is 18.9. The number of rotatable bonds is 7. The van der Waals surface area contributed by atoms with Crippen LogP contribution >= 0.6 is 11.8 Å². The van der Waals surface area contributed by atoms with E-state index in [0.717, 1.165) is 29.1 Å². The Kier molecular flexibility index (Phi) is 8.25. The summed E-state index contributed by atoms with van der Waals surface area (Å²) in [4.78, 5) is 32.3. The van der Waals surface area contributed by atoms with Crippen LogP contribution in [0.5, 0.6) is 0 Å². The molecule has 5 nitrogen and oxygen atoms in total. The number of hydrogen-bond donors (Lipinski definition) is 1. The van der Waals surface area contributed by atoms with Gasteiger partial charge < -0.3 is 10.2 Å². The third kappa shape index (κ3) is 6.17. The average molecular weight is 530 g/mol. The van der Waals surface area contributed by atoms with Gasteiger partial charge in [0.15, 0.2) is 0 Å². The SMILES string of the molecule is CC1CCCCN1CCNC(=O)c1ccc2c(c1)N(Cc1ccc(F)cc1)C(=O)C(=Cc1ccccc1)S2. The van der Waals surface area contributed by atoms with Gasteiger partial charge >= 0.3 is 0 Å². The lowest BCUT2D eigenvalue weighted by Crippen LogP contribution is -2.42. The summed E-state index contributed by atoms with van der Waals surface area (Å²) in [5.41, 5.74) is 2.95. The van der Waals surface area contributed by atoms with Gasteiger partial charge in [-0.15, -0.1) is 0 Å². The van der Waals surface area contributed by atoms with Crippen molar-refractivity contribution in [1.29, 1.82) is 0 Å². The zero-order chi connectivity index (χ0) is 26.5. The Hall–Kier alpha value is -3.42. The Bertz CT molecular complexity index is 1330. The number of anilines is 1. The molecule has 38 heavy (non-hydrogen) atoms. The van der Waals surface area contributed by atoms with Gasteiger partial charge in [-0.25, -0.2) is 4.39 Å². The van der Waals surface area contributed by atoms with Crippen LogP contribution in [0.3, 0.4) is 0 Å². The van der Waals surface area contributed by atoms with E-state index in [1.54, 1.807) is 23.1 Å². The molecular weight excluding hydrogens is 497 g/mol. The van der Waals surface area contributed by atoms with Gasteiger partial charge in [0.1, 0.15) is 5.82 Å². The molecule has 1 saturated heterocycles. The van der Waals surface area contributed by atoms with Crippen LogP contribution in [-0.4, -0.2) is 42.4 Å². The first-order valence-corrected chi connectivity index (χ1v) is 14.0. The van der Waals surface area contributed by atoms with E-state index in [2.05, 4.69) is 17.1 Å². The molecule has 2 aliphatic heterocycles. The number of thioether (sulfide) groups is 1. The van der Waals surface area contributed by atoms with E-state index < -0.39 is 0 Å². The third-order valence-electron chi connectivity index (χ3n) is 7.16. The first-order valence-electron chi connectivity index (χ1n) is 13.1. The van der Waals surface area contributed by atoms with Gasteiger partial charge in [0.25, 0.3) is 11.8 Å². The highest BCUT2D eigenvalue weighted by molar-refractivity contribution is 8.04. The standard InChI is InChI=1S/C31H32FN3O2S/c1-22-7-5-6-17-34(22)18-16-33-30(36)25-12-15-28-27(20-25)35(21-24-10-13-26(32)14-11-24)31(37)29(38-28)19-23-8-3-2-4-9-23/h2-4,8-15,19-20,22H,5-7,16-18,21H2,1H3,(H,33,36). The van der Waals surface area contributed by atoms with Gasteiger partial charge in [-0.3, -0.25) is 14.5 Å². The molecule has 1 N–H and O–H groups in total. The number of carbonyl (C=O) groups is 2. The zero-order valence-corrected chi connectivity index (χ0v) is 22.3. The molecule has 196 valence electrons. The molecule has 0 saturated carbocycles. The Morgan fingerprint density at radius 3 is 2.63 bits per heavy atom. The lowest BCUT2D eigenvalue weighted by Gasteiger charge is -2.33. The third-order valence-corrected chi connectivity index (χ3v) is 8.24. The number of hydrogen-bond acceptors (Lipinski definition) is 4. The second kappa shape index (κ2) is 12.0. The van der Waals surface area contributed by atoms with Gasteiger partial charge in [0.05, 0.1) is 17.1 Å². The van der Waals surface area contributed by atoms with E-state index in [4.69, 9.17) is 0 Å². The number of nitrogens with zero attached hydrogens (tertiary/aromatic N) is 2. The minimum Gasteiger partial charge on any atom is -0.351 e. The molecule has 1 unspecified atom stereocenters. The minimum absolute atomic E-state index is 0.146. The smallest absolute Gasteiger partial charge is 0.265 e. The number of nitrogens with one attached hydrogen (secondary N) is 1. The van der Waals surface area contributed by atoms with Crippen LogP contribution in [0.2, 0.25) is 0 Å². The van der Waals surface area contributed by atoms with Crippen molar-refractivity contribution in [2.75, 3.05) is 24.5 Å². The maximum atomic E-state index is 13.7. The van der Waals surface area contributed by atoms with Crippen molar-refractivity contribution < 1.29 is 14.0 Å². The number of fused-ring (bicyclic) bond motifs is 1. The molecule has 2 aliphatic rings. The Balaban J connectivity index is 1.38. The number of amides is 2. The van der Waals surface area contributed by atoms with Gasteiger partial charge in [0, 0.05) is 29.6 Å². The second-order valence-corrected chi connectivity index (χ2v) is 10.9. The summed E-state index contributed by atoms with van der Waals surface area (Å²) in [6.07, 6.45) is 5.57. The van der Waals surface area contributed by atoms with Gasteiger partial charge in [0.2, 0.25) is 0 Å². The van der Waals surface area contributed by atoms with Crippen LogP contribution in [0, 0.1) is 5.82 Å². The summed E-state index contributed by atoms with van der Waals surface area (Å²) in [6, 6.07) is 21.9. The molecule has 0 bridgehead atoms. The molecule has 3 aromatic carbocycles. The first kappa shape index (κ1) is 26.2. The first-order chi connectivity index (χ1) is 18.5. The van der Waals surface area contributed by atoms with E-state index in [1.807, 2.05) is 48.5 Å². The number of benzene rings is 3. The molecule has 1 atom stereocenters. The van der Waals surface area contributed by atoms with E-state index in [1.165, 1.54) is 43.2 Å². The summed E-state index contributed by atoms with van der Waals surface area (Å²) < 4.78 is 13.5. The fourth-order valence-electron chi connectivity index (χ4n) is 4.99. The maximum Gasteiger partial charge on any atom is 0.265 e. The average Bonchev–Trinajstić information content (AvgIpc) is 2.93. The molecule has 5 rings (SSSR count). The number of likely N-dealkylation sites (tertiary alicyclic amines) is 1. The van der Waals surface area contributed by atoms with Gasteiger partial charge in [-0.1, -0.05) is 60.6 Å². The van der Waals surface area contributed by atoms with Crippen molar-refractivity contribution >= 4 is 35.3 Å². The summed E-state index contributed by atoms with van der Waals surface area (Å²) in [7, 11) is 0. The Morgan fingerprint density at radius 1 is 1.08 bits per heavy atom. The van der Waals surface area contributed by atoms with Gasteiger partial charge in [-0.2, -0.15) is 0 Å². The number of piperidine rings is 1. The molecule has 0 spiro atoms. The number of carbonyl (C=O) groups excluding carboxylic acids is 2. The van der Waals surface area contributed by atoms with Crippen molar-refractivity contribution in [2.24, 2.45) is 0 Å². The molecule has 7 heteroatoms. The van der Waals surface area contributed by atoms with Crippen LogP contribution in [0.15, 0.2) is 82.6 Å². The minimum atomic E-state index is -0.322. The van der Waals surface area contributed by atoms with Gasteiger partial charge in [-0.05, 0) is 73.8 Å². The highest BCUT2D eigenvalue weighted by Gasteiger charge is 2.30. The fraction of sp³-hybridized carbons (Fsp3) is 0.290. The zero-order valence-electron chi connectivity index (χ0n) is 21.5. The monoisotopic (exact) mass is 529 g/mol.